The molecule has 1 aliphatic rings. The smallest absolute Gasteiger partial charge is 0.335 e. The third-order valence-corrected chi connectivity index (χ3v) is 5.09. The summed E-state index contributed by atoms with van der Waals surface area (Å²) in [7, 11) is 0. The van der Waals surface area contributed by atoms with Crippen LogP contribution in [0.4, 0.5) is 0 Å². The van der Waals surface area contributed by atoms with Gasteiger partial charge in [0.1, 0.15) is 4.60 Å². The normalized spacial score (nSPS) is 15.2. The highest BCUT2D eigenvalue weighted by atomic mass is 79.9. The second kappa shape index (κ2) is 6.02. The molecule has 2 heterocycles. The lowest BCUT2D eigenvalue weighted by Crippen LogP contribution is -2.06. The SMILES string of the molecule is O=C(O)c1ccc(-c2ccnc3cc(Br)nn23)cc1C1CCCC1. The molecule has 4 rings (SSSR count). The Morgan fingerprint density at radius 3 is 2.75 bits per heavy atom. The Bertz CT molecular complexity index is 929. The molecule has 24 heavy (non-hydrogen) atoms. The van der Waals surface area contributed by atoms with Crippen molar-refractivity contribution in [1.82, 2.24) is 14.6 Å². The predicted molar refractivity (Wildman–Crippen MR) is 94.3 cm³/mol. The molecule has 5 nitrogen and oxygen atoms in total. The number of benzene rings is 1. The molecule has 1 N–H and O–H groups in total. The van der Waals surface area contributed by atoms with Crippen LogP contribution in [0.1, 0.15) is 47.5 Å². The number of nitrogens with zero attached hydrogens (tertiary/aromatic N) is 3. The Balaban J connectivity index is 1.88. The van der Waals surface area contributed by atoms with E-state index in [1.54, 1.807) is 16.8 Å². The van der Waals surface area contributed by atoms with Crippen LogP contribution >= 0.6 is 15.9 Å². The van der Waals surface area contributed by atoms with Gasteiger partial charge < -0.3 is 5.11 Å². The van der Waals surface area contributed by atoms with Gasteiger partial charge in [0.25, 0.3) is 0 Å². The van der Waals surface area contributed by atoms with Gasteiger partial charge in [0.15, 0.2) is 5.65 Å². The van der Waals surface area contributed by atoms with E-state index in [0.717, 1.165) is 39.9 Å². The van der Waals surface area contributed by atoms with E-state index in [0.29, 0.717) is 11.5 Å². The summed E-state index contributed by atoms with van der Waals surface area (Å²) in [5.74, 6) is -0.525. The van der Waals surface area contributed by atoms with Crippen LogP contribution in [0.15, 0.2) is 41.1 Å². The number of fused-ring (bicyclic) bond motifs is 1. The molecule has 0 amide bonds. The summed E-state index contributed by atoms with van der Waals surface area (Å²) >= 11 is 3.38. The molecule has 0 radical (unpaired) electrons. The van der Waals surface area contributed by atoms with Crippen LogP contribution in [0.25, 0.3) is 16.9 Å². The standard InChI is InChI=1S/C18H16BrN3O2/c19-16-10-17-20-8-7-15(22(17)21-16)12-5-6-13(18(23)24)14(9-12)11-3-1-2-4-11/h5-11H,1-4H2,(H,23,24). The number of carboxylic acid groups (broad SMARTS) is 1. The third kappa shape index (κ3) is 2.60. The average Bonchev–Trinajstić information content (AvgIpc) is 3.22. The summed E-state index contributed by atoms with van der Waals surface area (Å²) in [6, 6.07) is 9.35. The Morgan fingerprint density at radius 1 is 1.21 bits per heavy atom. The molecule has 6 heteroatoms. The highest BCUT2D eigenvalue weighted by Crippen LogP contribution is 2.37. The fraction of sp³-hybridized carbons (Fsp3) is 0.278. The molecule has 1 saturated carbocycles. The molecule has 3 aromatic rings. The Labute approximate surface area is 147 Å². The number of carboxylic acids is 1. The molecule has 1 aliphatic carbocycles. The lowest BCUT2D eigenvalue weighted by molar-refractivity contribution is 0.0695. The minimum atomic E-state index is -0.856. The van der Waals surface area contributed by atoms with Gasteiger partial charge in [-0.1, -0.05) is 18.9 Å². The summed E-state index contributed by atoms with van der Waals surface area (Å²) in [6.45, 7) is 0. The van der Waals surface area contributed by atoms with Gasteiger partial charge in [-0.3, -0.25) is 0 Å². The topological polar surface area (TPSA) is 67.5 Å². The first-order chi connectivity index (χ1) is 11.6. The number of halogens is 1. The quantitative estimate of drug-likeness (QED) is 0.719. The Morgan fingerprint density at radius 2 is 2.00 bits per heavy atom. The van der Waals surface area contributed by atoms with E-state index < -0.39 is 5.97 Å². The van der Waals surface area contributed by atoms with Gasteiger partial charge in [-0.15, -0.1) is 0 Å². The molecule has 0 saturated heterocycles. The van der Waals surface area contributed by atoms with Gasteiger partial charge in [-0.25, -0.2) is 14.3 Å². The molecule has 2 aromatic heterocycles. The van der Waals surface area contributed by atoms with Gasteiger partial charge in [-0.05, 0) is 58.5 Å². The van der Waals surface area contributed by atoms with E-state index in [9.17, 15) is 9.90 Å². The number of hydrogen-bond acceptors (Lipinski definition) is 3. The van der Waals surface area contributed by atoms with E-state index in [1.807, 2.05) is 24.3 Å². The van der Waals surface area contributed by atoms with Crippen molar-refractivity contribution < 1.29 is 9.90 Å². The van der Waals surface area contributed by atoms with E-state index in [4.69, 9.17) is 0 Å². The molecule has 0 bridgehead atoms. The zero-order valence-electron chi connectivity index (χ0n) is 12.9. The number of aromatic carboxylic acids is 1. The van der Waals surface area contributed by atoms with Crippen LogP contribution in [0.3, 0.4) is 0 Å². The Hall–Kier alpha value is -2.21. The van der Waals surface area contributed by atoms with Crippen LogP contribution in [0.5, 0.6) is 0 Å². The number of aromatic nitrogens is 3. The van der Waals surface area contributed by atoms with Crippen molar-refractivity contribution in [2.24, 2.45) is 0 Å². The first-order valence-corrected chi connectivity index (χ1v) is 8.80. The molecule has 0 unspecified atom stereocenters. The lowest BCUT2D eigenvalue weighted by atomic mass is 9.90. The zero-order valence-corrected chi connectivity index (χ0v) is 14.5. The first-order valence-electron chi connectivity index (χ1n) is 8.01. The van der Waals surface area contributed by atoms with E-state index in [-0.39, 0.29) is 0 Å². The fourth-order valence-electron chi connectivity index (χ4n) is 3.58. The van der Waals surface area contributed by atoms with Crippen molar-refractivity contribution in [3.05, 3.63) is 52.3 Å². The van der Waals surface area contributed by atoms with Crippen LogP contribution in [-0.4, -0.2) is 25.7 Å². The zero-order chi connectivity index (χ0) is 16.7. The van der Waals surface area contributed by atoms with Crippen molar-refractivity contribution in [3.63, 3.8) is 0 Å². The number of rotatable bonds is 3. The lowest BCUT2D eigenvalue weighted by Gasteiger charge is -2.15. The van der Waals surface area contributed by atoms with E-state index in [2.05, 4.69) is 26.0 Å². The van der Waals surface area contributed by atoms with Gasteiger partial charge in [0.2, 0.25) is 0 Å². The summed E-state index contributed by atoms with van der Waals surface area (Å²) in [4.78, 5) is 15.9. The monoisotopic (exact) mass is 385 g/mol. The number of carbonyl (C=O) groups is 1. The second-order valence-corrected chi connectivity index (χ2v) is 6.97. The highest BCUT2D eigenvalue weighted by molar-refractivity contribution is 9.10. The summed E-state index contributed by atoms with van der Waals surface area (Å²) < 4.78 is 2.50. The van der Waals surface area contributed by atoms with E-state index >= 15 is 0 Å². The van der Waals surface area contributed by atoms with Crippen LogP contribution in [-0.2, 0) is 0 Å². The van der Waals surface area contributed by atoms with Crippen LogP contribution in [0, 0.1) is 0 Å². The van der Waals surface area contributed by atoms with Crippen molar-refractivity contribution in [2.75, 3.05) is 0 Å². The van der Waals surface area contributed by atoms with E-state index in [1.165, 1.54) is 12.8 Å². The first kappa shape index (κ1) is 15.3. The van der Waals surface area contributed by atoms with Gasteiger partial charge in [0.05, 0.1) is 11.3 Å². The van der Waals surface area contributed by atoms with Crippen LogP contribution in [0.2, 0.25) is 0 Å². The highest BCUT2D eigenvalue weighted by Gasteiger charge is 2.23. The second-order valence-electron chi connectivity index (χ2n) is 6.16. The maximum absolute atomic E-state index is 11.6. The molecule has 1 aromatic carbocycles. The van der Waals surface area contributed by atoms with Gasteiger partial charge in [0, 0.05) is 17.8 Å². The molecular formula is C18H16BrN3O2. The third-order valence-electron chi connectivity index (χ3n) is 4.70. The summed E-state index contributed by atoms with van der Waals surface area (Å²) in [6.07, 6.45) is 6.20. The molecule has 1 fully saturated rings. The average molecular weight is 386 g/mol. The molecular weight excluding hydrogens is 370 g/mol. The summed E-state index contributed by atoms with van der Waals surface area (Å²) in [5.41, 5.74) is 3.97. The van der Waals surface area contributed by atoms with Crippen molar-refractivity contribution >= 4 is 27.5 Å². The molecule has 0 atom stereocenters. The van der Waals surface area contributed by atoms with Crippen molar-refractivity contribution in [1.29, 1.82) is 0 Å². The minimum Gasteiger partial charge on any atom is -0.478 e. The largest absolute Gasteiger partial charge is 0.478 e. The predicted octanol–water partition coefficient (Wildman–Crippen LogP) is 4.51. The molecule has 122 valence electrons. The molecule has 0 spiro atoms. The fourth-order valence-corrected chi connectivity index (χ4v) is 3.94. The maximum Gasteiger partial charge on any atom is 0.335 e. The maximum atomic E-state index is 11.6. The van der Waals surface area contributed by atoms with Gasteiger partial charge in [-0.2, -0.15) is 5.10 Å². The minimum absolute atomic E-state index is 0.331. The van der Waals surface area contributed by atoms with Crippen LogP contribution < -0.4 is 0 Å². The van der Waals surface area contributed by atoms with Crippen molar-refractivity contribution in [2.45, 2.75) is 31.6 Å². The molecule has 0 aliphatic heterocycles. The summed E-state index contributed by atoms with van der Waals surface area (Å²) in [5, 5.41) is 14.0. The Kier molecular flexibility index (Phi) is 3.84. The van der Waals surface area contributed by atoms with Gasteiger partial charge >= 0.3 is 5.97 Å². The van der Waals surface area contributed by atoms with Crippen molar-refractivity contribution in [3.8, 4) is 11.3 Å². The number of hydrogen-bond donors (Lipinski definition) is 1.